The van der Waals surface area contributed by atoms with Gasteiger partial charge in [0.2, 0.25) is 0 Å². The first-order valence-corrected chi connectivity index (χ1v) is 6.23. The van der Waals surface area contributed by atoms with Gasteiger partial charge < -0.3 is 0 Å². The Hall–Kier alpha value is -1.04. The zero-order valence-corrected chi connectivity index (χ0v) is 10.9. The Bertz CT molecular complexity index is 310. The Labute approximate surface area is 100 Å². The lowest BCUT2D eigenvalue weighted by atomic mass is 9.78. The molecule has 0 heterocycles. The van der Waals surface area contributed by atoms with Crippen molar-refractivity contribution in [3.8, 4) is 0 Å². The lowest BCUT2D eigenvalue weighted by Crippen LogP contribution is -2.17. The molecule has 0 saturated heterocycles. The van der Waals surface area contributed by atoms with Crippen molar-refractivity contribution in [2.24, 2.45) is 11.3 Å². The molecule has 1 unspecified atom stereocenters. The number of benzene rings is 1. The van der Waals surface area contributed by atoms with E-state index in [0.717, 1.165) is 12.3 Å². The molecule has 16 heavy (non-hydrogen) atoms. The standard InChI is InChI=1S/C16H24/c1-5-16(4,12-11-14(2)3)13-15-9-7-6-8-10-15/h5-10,14H,1,11-13H2,2-4H3. The molecule has 0 aliphatic carbocycles. The summed E-state index contributed by atoms with van der Waals surface area (Å²) < 4.78 is 0. The van der Waals surface area contributed by atoms with E-state index in [2.05, 4.69) is 63.8 Å². The SMILES string of the molecule is C=CC(C)(CCC(C)C)Cc1ccccc1. The van der Waals surface area contributed by atoms with Crippen molar-refractivity contribution in [1.29, 1.82) is 0 Å². The van der Waals surface area contributed by atoms with Gasteiger partial charge in [-0.1, -0.05) is 63.6 Å². The summed E-state index contributed by atoms with van der Waals surface area (Å²) in [6.45, 7) is 10.9. The normalized spacial score (nSPS) is 14.8. The molecule has 0 aliphatic rings. The van der Waals surface area contributed by atoms with Crippen LogP contribution in [0.25, 0.3) is 0 Å². The monoisotopic (exact) mass is 216 g/mol. The van der Waals surface area contributed by atoms with Crippen molar-refractivity contribution in [2.75, 3.05) is 0 Å². The summed E-state index contributed by atoms with van der Waals surface area (Å²) >= 11 is 0. The molecule has 1 atom stereocenters. The van der Waals surface area contributed by atoms with E-state index < -0.39 is 0 Å². The first-order valence-electron chi connectivity index (χ1n) is 6.23. The van der Waals surface area contributed by atoms with E-state index in [1.54, 1.807) is 0 Å². The van der Waals surface area contributed by atoms with Crippen LogP contribution in [0.5, 0.6) is 0 Å². The Morgan fingerprint density at radius 2 is 1.88 bits per heavy atom. The summed E-state index contributed by atoms with van der Waals surface area (Å²) in [4.78, 5) is 0. The third kappa shape index (κ3) is 4.22. The molecule has 1 aromatic carbocycles. The van der Waals surface area contributed by atoms with Gasteiger partial charge >= 0.3 is 0 Å². The molecule has 0 N–H and O–H groups in total. The van der Waals surface area contributed by atoms with Crippen molar-refractivity contribution < 1.29 is 0 Å². The maximum Gasteiger partial charge on any atom is -0.0109 e. The molecule has 0 heteroatoms. The number of hydrogen-bond donors (Lipinski definition) is 0. The summed E-state index contributed by atoms with van der Waals surface area (Å²) in [6.07, 6.45) is 5.73. The largest absolute Gasteiger partial charge is 0.103 e. The molecule has 1 rings (SSSR count). The van der Waals surface area contributed by atoms with E-state index >= 15 is 0 Å². The van der Waals surface area contributed by atoms with Crippen LogP contribution in [-0.4, -0.2) is 0 Å². The second-order valence-corrected chi connectivity index (χ2v) is 5.45. The summed E-state index contributed by atoms with van der Waals surface area (Å²) in [5.41, 5.74) is 1.65. The maximum absolute atomic E-state index is 4.01. The molecule has 0 aromatic heterocycles. The number of rotatable bonds is 6. The molecular formula is C16H24. The van der Waals surface area contributed by atoms with Crippen LogP contribution in [0.15, 0.2) is 43.0 Å². The fraction of sp³-hybridized carbons (Fsp3) is 0.500. The molecule has 0 saturated carbocycles. The van der Waals surface area contributed by atoms with Gasteiger partial charge in [-0.2, -0.15) is 0 Å². The van der Waals surface area contributed by atoms with Crippen molar-refractivity contribution in [1.82, 2.24) is 0 Å². The number of hydrogen-bond acceptors (Lipinski definition) is 0. The van der Waals surface area contributed by atoms with Gasteiger partial charge in [-0.05, 0) is 29.7 Å². The minimum atomic E-state index is 0.242. The third-order valence-electron chi connectivity index (χ3n) is 3.24. The van der Waals surface area contributed by atoms with Crippen LogP contribution < -0.4 is 0 Å². The molecule has 0 aliphatic heterocycles. The highest BCUT2D eigenvalue weighted by molar-refractivity contribution is 5.17. The average Bonchev–Trinajstić information content (AvgIpc) is 2.28. The van der Waals surface area contributed by atoms with Crippen LogP contribution in [0, 0.1) is 11.3 Å². The van der Waals surface area contributed by atoms with Crippen LogP contribution in [-0.2, 0) is 6.42 Å². The van der Waals surface area contributed by atoms with Crippen LogP contribution in [0.3, 0.4) is 0 Å². The zero-order valence-electron chi connectivity index (χ0n) is 10.9. The van der Waals surface area contributed by atoms with Gasteiger partial charge in [0.1, 0.15) is 0 Å². The molecule has 0 radical (unpaired) electrons. The van der Waals surface area contributed by atoms with E-state index in [4.69, 9.17) is 0 Å². The zero-order chi connectivity index (χ0) is 12.0. The van der Waals surface area contributed by atoms with Crippen LogP contribution >= 0.6 is 0 Å². The van der Waals surface area contributed by atoms with Gasteiger partial charge in [0.25, 0.3) is 0 Å². The summed E-state index contributed by atoms with van der Waals surface area (Å²) in [7, 11) is 0. The predicted octanol–water partition coefficient (Wildman–Crippen LogP) is 4.86. The first kappa shape index (κ1) is 13.0. The predicted molar refractivity (Wildman–Crippen MR) is 72.5 cm³/mol. The Morgan fingerprint density at radius 3 is 2.38 bits per heavy atom. The van der Waals surface area contributed by atoms with Gasteiger partial charge in [0.05, 0.1) is 0 Å². The van der Waals surface area contributed by atoms with Gasteiger partial charge in [-0.3, -0.25) is 0 Å². The van der Waals surface area contributed by atoms with Crippen molar-refractivity contribution in [3.63, 3.8) is 0 Å². The summed E-state index contributed by atoms with van der Waals surface area (Å²) in [5, 5.41) is 0. The van der Waals surface area contributed by atoms with E-state index in [1.807, 2.05) is 0 Å². The number of allylic oxidation sites excluding steroid dienone is 1. The topological polar surface area (TPSA) is 0 Å². The van der Waals surface area contributed by atoms with Gasteiger partial charge in [0, 0.05) is 0 Å². The second kappa shape index (κ2) is 5.89. The molecule has 0 amide bonds. The van der Waals surface area contributed by atoms with E-state index in [0.29, 0.717) is 0 Å². The highest BCUT2D eigenvalue weighted by Gasteiger charge is 2.20. The van der Waals surface area contributed by atoms with Gasteiger partial charge in [-0.15, -0.1) is 6.58 Å². The van der Waals surface area contributed by atoms with Crippen LogP contribution in [0.4, 0.5) is 0 Å². The van der Waals surface area contributed by atoms with E-state index in [-0.39, 0.29) is 5.41 Å². The Balaban J connectivity index is 2.63. The molecule has 0 fully saturated rings. The highest BCUT2D eigenvalue weighted by atomic mass is 14.2. The van der Waals surface area contributed by atoms with E-state index in [1.165, 1.54) is 18.4 Å². The van der Waals surface area contributed by atoms with E-state index in [9.17, 15) is 0 Å². The third-order valence-corrected chi connectivity index (χ3v) is 3.24. The Morgan fingerprint density at radius 1 is 1.25 bits per heavy atom. The molecule has 88 valence electrons. The molecule has 0 nitrogen and oxygen atoms in total. The van der Waals surface area contributed by atoms with Gasteiger partial charge in [-0.25, -0.2) is 0 Å². The maximum atomic E-state index is 4.01. The van der Waals surface area contributed by atoms with Crippen molar-refractivity contribution in [3.05, 3.63) is 48.6 Å². The van der Waals surface area contributed by atoms with Crippen LogP contribution in [0.1, 0.15) is 39.2 Å². The average molecular weight is 216 g/mol. The van der Waals surface area contributed by atoms with Crippen molar-refractivity contribution in [2.45, 2.75) is 40.0 Å². The minimum absolute atomic E-state index is 0.242. The minimum Gasteiger partial charge on any atom is -0.103 e. The van der Waals surface area contributed by atoms with Crippen LogP contribution in [0.2, 0.25) is 0 Å². The first-order chi connectivity index (χ1) is 7.56. The molecule has 0 bridgehead atoms. The second-order valence-electron chi connectivity index (χ2n) is 5.45. The quantitative estimate of drug-likeness (QED) is 0.596. The summed E-state index contributed by atoms with van der Waals surface area (Å²) in [5.74, 6) is 0.773. The fourth-order valence-electron chi connectivity index (χ4n) is 1.94. The molecule has 0 spiro atoms. The van der Waals surface area contributed by atoms with Crippen molar-refractivity contribution >= 4 is 0 Å². The molecule has 1 aromatic rings. The van der Waals surface area contributed by atoms with Gasteiger partial charge in [0.15, 0.2) is 0 Å². The lowest BCUT2D eigenvalue weighted by molar-refractivity contribution is 0.348. The fourth-order valence-corrected chi connectivity index (χ4v) is 1.94. The smallest absolute Gasteiger partial charge is 0.0109 e. The highest BCUT2D eigenvalue weighted by Crippen LogP contribution is 2.30. The molecular weight excluding hydrogens is 192 g/mol. The summed E-state index contributed by atoms with van der Waals surface area (Å²) in [6, 6.07) is 10.7. The Kier molecular flexibility index (Phi) is 4.79. The lowest BCUT2D eigenvalue weighted by Gasteiger charge is -2.26.